The van der Waals surface area contributed by atoms with Crippen LogP contribution in [0.1, 0.15) is 47.3 Å². The van der Waals surface area contributed by atoms with Crippen molar-refractivity contribution in [3.63, 3.8) is 0 Å². The zero-order chi connectivity index (χ0) is 21.9. The van der Waals surface area contributed by atoms with Crippen molar-refractivity contribution in [2.45, 2.75) is 38.7 Å². The van der Waals surface area contributed by atoms with Crippen LogP contribution in [0.3, 0.4) is 0 Å². The lowest BCUT2D eigenvalue weighted by atomic mass is 9.92. The molecule has 1 aliphatic heterocycles. The van der Waals surface area contributed by atoms with Crippen LogP contribution in [0.4, 0.5) is 5.69 Å². The summed E-state index contributed by atoms with van der Waals surface area (Å²) >= 11 is 1.42. The maximum absolute atomic E-state index is 13.1. The molecule has 0 radical (unpaired) electrons. The number of carbonyl (C=O) groups excluding carboxylic acids is 1. The van der Waals surface area contributed by atoms with Gasteiger partial charge in [-0.2, -0.15) is 10.2 Å². The molecule has 2 N–H and O–H groups in total. The van der Waals surface area contributed by atoms with E-state index in [4.69, 9.17) is 4.74 Å². The van der Waals surface area contributed by atoms with E-state index in [1.165, 1.54) is 23.3 Å². The van der Waals surface area contributed by atoms with E-state index in [9.17, 15) is 4.79 Å². The smallest absolute Gasteiger partial charge is 0.275 e. The molecule has 164 valence electrons. The first-order chi connectivity index (χ1) is 15.7. The second-order valence-corrected chi connectivity index (χ2v) is 8.95. The fourth-order valence-corrected chi connectivity index (χ4v) is 4.76. The van der Waals surface area contributed by atoms with Gasteiger partial charge in [0.2, 0.25) is 0 Å². The molecule has 1 saturated carbocycles. The van der Waals surface area contributed by atoms with Crippen molar-refractivity contribution in [2.24, 2.45) is 0 Å². The van der Waals surface area contributed by atoms with E-state index in [0.29, 0.717) is 11.8 Å². The summed E-state index contributed by atoms with van der Waals surface area (Å²) in [5.41, 5.74) is 5.40. The number of hydrogen-bond donors (Lipinski definition) is 2. The molecule has 7 nitrogen and oxygen atoms in total. The van der Waals surface area contributed by atoms with Crippen molar-refractivity contribution in [1.29, 1.82) is 0 Å². The molecule has 1 fully saturated rings. The zero-order valence-electron chi connectivity index (χ0n) is 17.9. The number of hydrogen-bond acceptors (Lipinski definition) is 7. The fraction of sp³-hybridized carbons (Fsp3) is 0.333. The Morgan fingerprint density at radius 3 is 2.88 bits per heavy atom. The highest BCUT2D eigenvalue weighted by atomic mass is 32.1. The summed E-state index contributed by atoms with van der Waals surface area (Å²) in [6.45, 7) is 3.83. The van der Waals surface area contributed by atoms with E-state index in [-0.39, 0.29) is 5.91 Å². The van der Waals surface area contributed by atoms with E-state index < -0.39 is 0 Å². The Labute approximate surface area is 191 Å². The molecule has 1 aromatic carbocycles. The molecule has 3 heterocycles. The first-order valence-electron chi connectivity index (χ1n) is 10.9. The molecule has 1 aliphatic carbocycles. The van der Waals surface area contributed by atoms with Crippen LogP contribution in [0.2, 0.25) is 0 Å². The van der Waals surface area contributed by atoms with E-state index in [2.05, 4.69) is 38.8 Å². The molecule has 2 aliphatic rings. The second kappa shape index (κ2) is 9.18. The third-order valence-electron chi connectivity index (χ3n) is 5.96. The lowest BCUT2D eigenvalue weighted by Gasteiger charge is -2.29. The Morgan fingerprint density at radius 2 is 2.16 bits per heavy atom. The summed E-state index contributed by atoms with van der Waals surface area (Å²) < 4.78 is 6.23. The topological polar surface area (TPSA) is 89.0 Å². The van der Waals surface area contributed by atoms with Gasteiger partial charge < -0.3 is 15.4 Å². The summed E-state index contributed by atoms with van der Waals surface area (Å²) in [5, 5.41) is 16.7. The first kappa shape index (κ1) is 20.8. The number of aromatic nitrogens is 3. The van der Waals surface area contributed by atoms with E-state index in [1.807, 2.05) is 18.2 Å². The number of amides is 1. The van der Waals surface area contributed by atoms with Crippen LogP contribution in [-0.4, -0.2) is 40.3 Å². The van der Waals surface area contributed by atoms with Gasteiger partial charge in [0.1, 0.15) is 16.5 Å². The average molecular weight is 448 g/mol. The normalized spacial score (nSPS) is 16.2. The molecule has 0 bridgehead atoms. The Kier molecular flexibility index (Phi) is 5.96. The van der Waals surface area contributed by atoms with Crippen molar-refractivity contribution < 1.29 is 9.53 Å². The Hall–Kier alpha value is -3.10. The van der Waals surface area contributed by atoms with Gasteiger partial charge in [-0.25, -0.2) is 4.98 Å². The van der Waals surface area contributed by atoms with Gasteiger partial charge in [0, 0.05) is 34.3 Å². The number of ether oxygens (including phenoxy) is 1. The van der Waals surface area contributed by atoms with Crippen molar-refractivity contribution in [3.8, 4) is 16.3 Å². The van der Waals surface area contributed by atoms with Gasteiger partial charge >= 0.3 is 0 Å². The maximum Gasteiger partial charge on any atom is 0.275 e. The van der Waals surface area contributed by atoms with Gasteiger partial charge in [0.25, 0.3) is 5.91 Å². The molecular formula is C24H25N5O2S. The number of nitrogens with one attached hydrogen (secondary N) is 2. The highest BCUT2D eigenvalue weighted by Gasteiger charge is 2.23. The Balaban J connectivity index is 1.43. The quantitative estimate of drug-likeness (QED) is 0.580. The monoisotopic (exact) mass is 447 g/mol. The predicted octanol–water partition coefficient (Wildman–Crippen LogP) is 4.47. The summed E-state index contributed by atoms with van der Waals surface area (Å²) in [4.78, 5) is 17.6. The van der Waals surface area contributed by atoms with Gasteiger partial charge in [-0.1, -0.05) is 6.08 Å². The number of benzene rings is 1. The number of thiazole rings is 1. The average Bonchev–Trinajstić information content (AvgIpc) is 3.29. The van der Waals surface area contributed by atoms with E-state index in [0.717, 1.165) is 65.5 Å². The lowest BCUT2D eigenvalue weighted by molar-refractivity contribution is 0.102. The molecule has 32 heavy (non-hydrogen) atoms. The standard InChI is InChI=1S/C24H25N5O2S/c1-15-21(31-18-3-2-4-18)6-5-19(22(15)16-7-10-25-11-8-16)28-23(30)20-14-32-24(29-20)17-9-12-26-27-13-17/h5-7,9,12-14,18,25H,2-4,8,10-11H2,1H3,(H,28,30). The number of anilines is 1. The highest BCUT2D eigenvalue weighted by Crippen LogP contribution is 2.38. The van der Waals surface area contributed by atoms with Crippen LogP contribution < -0.4 is 15.4 Å². The predicted molar refractivity (Wildman–Crippen MR) is 126 cm³/mol. The zero-order valence-corrected chi connectivity index (χ0v) is 18.7. The van der Waals surface area contributed by atoms with Crippen molar-refractivity contribution in [2.75, 3.05) is 18.4 Å². The fourth-order valence-electron chi connectivity index (χ4n) is 3.97. The third kappa shape index (κ3) is 4.28. The highest BCUT2D eigenvalue weighted by molar-refractivity contribution is 7.13. The first-order valence-corrected chi connectivity index (χ1v) is 11.8. The van der Waals surface area contributed by atoms with Gasteiger partial charge in [0.15, 0.2) is 0 Å². The van der Waals surface area contributed by atoms with Crippen LogP contribution in [-0.2, 0) is 0 Å². The molecule has 5 rings (SSSR count). The van der Waals surface area contributed by atoms with Crippen molar-refractivity contribution in [1.82, 2.24) is 20.5 Å². The minimum absolute atomic E-state index is 0.225. The van der Waals surface area contributed by atoms with Crippen LogP contribution in [0.15, 0.2) is 42.0 Å². The van der Waals surface area contributed by atoms with Crippen molar-refractivity contribution in [3.05, 3.63) is 58.9 Å². The number of rotatable bonds is 6. The Morgan fingerprint density at radius 1 is 1.25 bits per heavy atom. The second-order valence-electron chi connectivity index (χ2n) is 8.09. The number of nitrogens with zero attached hydrogens (tertiary/aromatic N) is 3. The molecule has 0 atom stereocenters. The molecule has 0 spiro atoms. The minimum atomic E-state index is -0.225. The lowest BCUT2D eigenvalue weighted by Crippen LogP contribution is -2.25. The molecule has 3 aromatic rings. The molecule has 0 unspecified atom stereocenters. The SMILES string of the molecule is Cc1c(OC2CCC2)ccc(NC(=O)c2csc(-c3ccnnc3)n2)c1C1=CCNCC1. The molecule has 0 saturated heterocycles. The minimum Gasteiger partial charge on any atom is -0.490 e. The Bertz CT molecular complexity index is 1150. The van der Waals surface area contributed by atoms with Gasteiger partial charge in [-0.3, -0.25) is 4.79 Å². The summed E-state index contributed by atoms with van der Waals surface area (Å²) in [7, 11) is 0. The summed E-state index contributed by atoms with van der Waals surface area (Å²) in [6, 6.07) is 5.76. The molecular weight excluding hydrogens is 422 g/mol. The van der Waals surface area contributed by atoms with E-state index >= 15 is 0 Å². The molecule has 2 aromatic heterocycles. The third-order valence-corrected chi connectivity index (χ3v) is 6.85. The molecule has 8 heteroatoms. The van der Waals surface area contributed by atoms with E-state index in [1.54, 1.807) is 17.8 Å². The molecule has 1 amide bonds. The van der Waals surface area contributed by atoms with Crippen LogP contribution in [0.25, 0.3) is 16.1 Å². The summed E-state index contributed by atoms with van der Waals surface area (Å²) in [5.74, 6) is 0.681. The number of carbonyl (C=O) groups is 1. The van der Waals surface area contributed by atoms with Crippen LogP contribution >= 0.6 is 11.3 Å². The van der Waals surface area contributed by atoms with Gasteiger partial charge in [0.05, 0.1) is 18.5 Å². The maximum atomic E-state index is 13.1. The van der Waals surface area contributed by atoms with Gasteiger partial charge in [-0.05, 0) is 62.9 Å². The largest absolute Gasteiger partial charge is 0.490 e. The van der Waals surface area contributed by atoms with Crippen LogP contribution in [0, 0.1) is 6.92 Å². The van der Waals surface area contributed by atoms with Crippen LogP contribution in [0.5, 0.6) is 5.75 Å². The summed E-state index contributed by atoms with van der Waals surface area (Å²) in [6.07, 6.45) is 10.1. The van der Waals surface area contributed by atoms with Crippen molar-refractivity contribution >= 4 is 28.5 Å². The van der Waals surface area contributed by atoms with Gasteiger partial charge in [-0.15, -0.1) is 11.3 Å².